The second-order valence-electron chi connectivity index (χ2n) is 0.959. The molecule has 0 spiro atoms. The SMILES string of the molecule is C=CO.C=COC(C)=O. The quantitative estimate of drug-likeness (QED) is 0.431. The molecule has 52 valence electrons. The van der Waals surface area contributed by atoms with Gasteiger partial charge in [-0.1, -0.05) is 13.2 Å². The number of esters is 1. The molecule has 0 aromatic carbocycles. The molecule has 0 aromatic rings. The molecule has 0 aliphatic rings. The van der Waals surface area contributed by atoms with E-state index in [1.807, 2.05) is 0 Å². The van der Waals surface area contributed by atoms with Crippen molar-refractivity contribution in [1.29, 1.82) is 0 Å². The number of rotatable bonds is 1. The topological polar surface area (TPSA) is 46.5 Å². The summed E-state index contributed by atoms with van der Waals surface area (Å²) >= 11 is 0. The molecular weight excluding hydrogens is 120 g/mol. The Kier molecular flexibility index (Phi) is 11.7. The summed E-state index contributed by atoms with van der Waals surface area (Å²) in [7, 11) is 0. The first kappa shape index (κ1) is 10.7. The molecule has 3 heteroatoms. The van der Waals surface area contributed by atoms with Crippen molar-refractivity contribution < 1.29 is 14.6 Å². The Morgan fingerprint density at radius 2 is 2.00 bits per heavy atom. The minimum absolute atomic E-state index is 0.329. The van der Waals surface area contributed by atoms with Crippen molar-refractivity contribution in [3.63, 3.8) is 0 Å². The molecule has 0 bridgehead atoms. The van der Waals surface area contributed by atoms with Crippen molar-refractivity contribution in [1.82, 2.24) is 0 Å². The molecule has 1 N–H and O–H groups in total. The van der Waals surface area contributed by atoms with Crippen molar-refractivity contribution in [2.75, 3.05) is 0 Å². The standard InChI is InChI=1S/C4H6O2.C2H4O/c1-3-6-4(2)5;1-2-3/h3H,1H2,2H3;2-3H,1H2. The van der Waals surface area contributed by atoms with Crippen LogP contribution in [0.5, 0.6) is 0 Å². The average Bonchev–Trinajstić information content (AvgIpc) is 1.67. The molecule has 0 aliphatic heterocycles. The fourth-order valence-electron chi connectivity index (χ4n) is 0.117. The van der Waals surface area contributed by atoms with Crippen LogP contribution < -0.4 is 0 Å². The third-order valence-electron chi connectivity index (χ3n) is 0.249. The first-order valence-electron chi connectivity index (χ1n) is 2.22. The lowest BCUT2D eigenvalue weighted by Crippen LogP contribution is -1.87. The number of hydrogen-bond acceptors (Lipinski definition) is 3. The smallest absolute Gasteiger partial charge is 0.307 e. The summed E-state index contributed by atoms with van der Waals surface area (Å²) in [6, 6.07) is 0. The maximum Gasteiger partial charge on any atom is 0.307 e. The van der Waals surface area contributed by atoms with Gasteiger partial charge in [0.15, 0.2) is 0 Å². The molecule has 0 saturated heterocycles. The highest BCUT2D eigenvalue weighted by Crippen LogP contribution is 1.70. The van der Waals surface area contributed by atoms with E-state index in [0.29, 0.717) is 0 Å². The Bertz CT molecular complexity index is 96.5. The second kappa shape index (κ2) is 9.89. The maximum absolute atomic E-state index is 9.75. The highest BCUT2D eigenvalue weighted by molar-refractivity contribution is 5.66. The fraction of sp³-hybridized carbons (Fsp3) is 0.167. The first-order valence-corrected chi connectivity index (χ1v) is 2.22. The minimum Gasteiger partial charge on any atom is -0.516 e. The summed E-state index contributed by atoms with van der Waals surface area (Å²) in [6.07, 6.45) is 1.85. The zero-order valence-electron chi connectivity index (χ0n) is 5.33. The minimum atomic E-state index is -0.329. The number of ether oxygens (including phenoxy) is 1. The molecule has 9 heavy (non-hydrogen) atoms. The van der Waals surface area contributed by atoms with E-state index in [-0.39, 0.29) is 5.97 Å². The van der Waals surface area contributed by atoms with Gasteiger partial charge in [0, 0.05) is 6.92 Å². The summed E-state index contributed by atoms with van der Waals surface area (Å²) in [5.41, 5.74) is 0. The lowest BCUT2D eigenvalue weighted by molar-refractivity contribution is -0.135. The Morgan fingerprint density at radius 3 is 2.00 bits per heavy atom. The van der Waals surface area contributed by atoms with Gasteiger partial charge in [0.25, 0.3) is 0 Å². The van der Waals surface area contributed by atoms with Crippen LogP contribution in [-0.2, 0) is 9.53 Å². The van der Waals surface area contributed by atoms with Gasteiger partial charge in [-0.3, -0.25) is 4.79 Å². The molecule has 0 rings (SSSR count). The zero-order chi connectivity index (χ0) is 7.70. The summed E-state index contributed by atoms with van der Waals surface area (Å²) in [5, 5.41) is 7.33. The van der Waals surface area contributed by atoms with E-state index in [9.17, 15) is 4.79 Å². The van der Waals surface area contributed by atoms with Crippen LogP contribution >= 0.6 is 0 Å². The molecule has 0 atom stereocenters. The lowest BCUT2D eigenvalue weighted by atomic mass is 10.8. The maximum atomic E-state index is 9.75. The molecule has 0 fully saturated rings. The Morgan fingerprint density at radius 1 is 1.67 bits per heavy atom. The molecule has 0 aromatic heterocycles. The molecule has 0 amide bonds. The van der Waals surface area contributed by atoms with Crippen LogP contribution in [0.3, 0.4) is 0 Å². The van der Waals surface area contributed by atoms with Gasteiger partial charge in [-0.15, -0.1) is 0 Å². The van der Waals surface area contributed by atoms with Crippen LogP contribution in [-0.4, -0.2) is 11.1 Å². The van der Waals surface area contributed by atoms with Gasteiger partial charge >= 0.3 is 5.97 Å². The molecule has 0 aliphatic carbocycles. The van der Waals surface area contributed by atoms with Gasteiger partial charge < -0.3 is 9.84 Å². The largest absolute Gasteiger partial charge is 0.516 e. The second-order valence-corrected chi connectivity index (χ2v) is 0.959. The number of aliphatic hydroxyl groups excluding tert-OH is 1. The molecule has 0 unspecified atom stereocenters. The zero-order valence-corrected chi connectivity index (χ0v) is 5.33. The van der Waals surface area contributed by atoms with Crippen LogP contribution in [0.1, 0.15) is 6.92 Å². The number of hydrogen-bond donors (Lipinski definition) is 1. The number of carbonyl (C=O) groups is 1. The van der Waals surface area contributed by atoms with Crippen molar-refractivity contribution in [2.45, 2.75) is 6.92 Å². The van der Waals surface area contributed by atoms with Gasteiger partial charge in [-0.05, 0) is 0 Å². The lowest BCUT2D eigenvalue weighted by Gasteiger charge is -1.83. The average molecular weight is 130 g/mol. The van der Waals surface area contributed by atoms with E-state index in [0.717, 1.165) is 12.5 Å². The van der Waals surface area contributed by atoms with Crippen LogP contribution in [0.15, 0.2) is 25.7 Å². The highest BCUT2D eigenvalue weighted by Gasteiger charge is 1.79. The van der Waals surface area contributed by atoms with Gasteiger partial charge in [0.05, 0.1) is 12.5 Å². The van der Waals surface area contributed by atoms with Crippen molar-refractivity contribution in [3.8, 4) is 0 Å². The summed E-state index contributed by atoms with van der Waals surface area (Å²) in [4.78, 5) is 9.75. The summed E-state index contributed by atoms with van der Waals surface area (Å²) in [6.45, 7) is 7.40. The van der Waals surface area contributed by atoms with Gasteiger partial charge in [-0.2, -0.15) is 0 Å². The van der Waals surface area contributed by atoms with Crippen molar-refractivity contribution in [2.24, 2.45) is 0 Å². The van der Waals surface area contributed by atoms with Gasteiger partial charge in [-0.25, -0.2) is 0 Å². The van der Waals surface area contributed by atoms with Crippen molar-refractivity contribution >= 4 is 5.97 Å². The Labute approximate surface area is 54.3 Å². The van der Waals surface area contributed by atoms with E-state index >= 15 is 0 Å². The number of carbonyl (C=O) groups excluding carboxylic acids is 1. The van der Waals surface area contributed by atoms with E-state index in [1.54, 1.807) is 0 Å². The number of aliphatic hydroxyl groups is 1. The van der Waals surface area contributed by atoms with E-state index in [2.05, 4.69) is 17.9 Å². The van der Waals surface area contributed by atoms with E-state index in [4.69, 9.17) is 5.11 Å². The summed E-state index contributed by atoms with van der Waals surface area (Å²) < 4.78 is 4.17. The van der Waals surface area contributed by atoms with E-state index in [1.165, 1.54) is 6.92 Å². The van der Waals surface area contributed by atoms with E-state index < -0.39 is 0 Å². The summed E-state index contributed by atoms with van der Waals surface area (Å²) in [5.74, 6) is -0.329. The Balaban J connectivity index is 0. The Hall–Kier alpha value is -1.25. The van der Waals surface area contributed by atoms with Crippen LogP contribution in [0.2, 0.25) is 0 Å². The monoisotopic (exact) mass is 130 g/mol. The first-order chi connectivity index (χ1) is 4.18. The van der Waals surface area contributed by atoms with Gasteiger partial charge in [0.2, 0.25) is 0 Å². The van der Waals surface area contributed by atoms with Crippen LogP contribution in [0.4, 0.5) is 0 Å². The van der Waals surface area contributed by atoms with Gasteiger partial charge in [0.1, 0.15) is 0 Å². The molecule has 3 nitrogen and oxygen atoms in total. The predicted octanol–water partition coefficient (Wildman–Crippen LogP) is 1.38. The molecule has 0 heterocycles. The molecule has 0 saturated carbocycles. The highest BCUT2D eigenvalue weighted by atomic mass is 16.5. The third-order valence-corrected chi connectivity index (χ3v) is 0.249. The molecule has 0 radical (unpaired) electrons. The predicted molar refractivity (Wildman–Crippen MR) is 34.8 cm³/mol. The van der Waals surface area contributed by atoms with Crippen LogP contribution in [0.25, 0.3) is 0 Å². The third kappa shape index (κ3) is 49.7. The fourth-order valence-corrected chi connectivity index (χ4v) is 0.117. The molecular formula is C6H10O3. The normalized spacial score (nSPS) is 5.89. The van der Waals surface area contributed by atoms with Crippen molar-refractivity contribution in [3.05, 3.63) is 25.7 Å². The van der Waals surface area contributed by atoms with Crippen LogP contribution in [0, 0.1) is 0 Å².